The number of rotatable bonds is 4. The Morgan fingerprint density at radius 3 is 2.56 bits per heavy atom. The van der Waals surface area contributed by atoms with Crippen molar-refractivity contribution >= 4 is 0 Å². The standard InChI is InChI=1S/C15H24N2O/c1-17-10-4-3-9-15(17,12-16)11-13-5-7-14(18-2)8-6-13/h5-8H,3-4,9-12,16H2,1-2H3. The SMILES string of the molecule is COc1ccc(CC2(CN)CCCCN2C)cc1. The average molecular weight is 248 g/mol. The first kappa shape index (κ1) is 13.4. The topological polar surface area (TPSA) is 38.5 Å². The summed E-state index contributed by atoms with van der Waals surface area (Å²) in [6.45, 7) is 1.89. The summed E-state index contributed by atoms with van der Waals surface area (Å²) in [7, 11) is 3.90. The molecule has 1 aliphatic heterocycles. The van der Waals surface area contributed by atoms with E-state index in [2.05, 4.69) is 24.1 Å². The van der Waals surface area contributed by atoms with Crippen molar-refractivity contribution in [2.75, 3.05) is 27.2 Å². The van der Waals surface area contributed by atoms with Crippen LogP contribution in [0, 0.1) is 0 Å². The molecule has 100 valence electrons. The van der Waals surface area contributed by atoms with Crippen molar-refractivity contribution in [1.29, 1.82) is 0 Å². The molecule has 1 aliphatic rings. The molecule has 0 aliphatic carbocycles. The molecule has 3 nitrogen and oxygen atoms in total. The summed E-state index contributed by atoms with van der Waals surface area (Å²) >= 11 is 0. The predicted octanol–water partition coefficient (Wildman–Crippen LogP) is 2.05. The van der Waals surface area contributed by atoms with Gasteiger partial charge in [0.2, 0.25) is 0 Å². The molecule has 1 aromatic carbocycles. The van der Waals surface area contributed by atoms with Crippen LogP contribution in [0.5, 0.6) is 5.75 Å². The van der Waals surface area contributed by atoms with Gasteiger partial charge in [0.1, 0.15) is 5.75 Å². The number of hydrogen-bond donors (Lipinski definition) is 1. The van der Waals surface area contributed by atoms with Gasteiger partial charge in [0.25, 0.3) is 0 Å². The van der Waals surface area contributed by atoms with Crippen LogP contribution in [0.1, 0.15) is 24.8 Å². The smallest absolute Gasteiger partial charge is 0.118 e. The quantitative estimate of drug-likeness (QED) is 0.886. The Bertz CT molecular complexity index is 377. The molecule has 2 N–H and O–H groups in total. The Morgan fingerprint density at radius 1 is 1.28 bits per heavy atom. The van der Waals surface area contributed by atoms with E-state index in [9.17, 15) is 0 Å². The average Bonchev–Trinajstić information content (AvgIpc) is 2.42. The van der Waals surface area contributed by atoms with Crippen molar-refractivity contribution in [2.24, 2.45) is 5.73 Å². The van der Waals surface area contributed by atoms with E-state index < -0.39 is 0 Å². The van der Waals surface area contributed by atoms with Crippen molar-refractivity contribution in [3.63, 3.8) is 0 Å². The van der Waals surface area contributed by atoms with Gasteiger partial charge in [-0.15, -0.1) is 0 Å². The van der Waals surface area contributed by atoms with Gasteiger partial charge in [-0.2, -0.15) is 0 Å². The van der Waals surface area contributed by atoms with Gasteiger partial charge < -0.3 is 10.5 Å². The summed E-state index contributed by atoms with van der Waals surface area (Å²) in [5.74, 6) is 0.914. The molecular weight excluding hydrogens is 224 g/mol. The van der Waals surface area contributed by atoms with Crippen molar-refractivity contribution in [3.8, 4) is 5.75 Å². The fraction of sp³-hybridized carbons (Fsp3) is 0.600. The molecule has 1 saturated heterocycles. The molecule has 1 unspecified atom stereocenters. The van der Waals surface area contributed by atoms with E-state index in [-0.39, 0.29) is 5.54 Å². The number of likely N-dealkylation sites (N-methyl/N-ethyl adjacent to an activating group) is 1. The molecule has 0 aromatic heterocycles. The van der Waals surface area contributed by atoms with Crippen LogP contribution in [0.4, 0.5) is 0 Å². The summed E-state index contributed by atoms with van der Waals surface area (Å²) < 4.78 is 5.20. The van der Waals surface area contributed by atoms with Gasteiger partial charge in [-0.05, 0) is 50.6 Å². The van der Waals surface area contributed by atoms with Crippen LogP contribution in [0.2, 0.25) is 0 Å². The van der Waals surface area contributed by atoms with Gasteiger partial charge in [-0.1, -0.05) is 18.6 Å². The number of likely N-dealkylation sites (tertiary alicyclic amines) is 1. The molecule has 0 radical (unpaired) electrons. The normalized spacial score (nSPS) is 25.1. The van der Waals surface area contributed by atoms with E-state index in [4.69, 9.17) is 10.5 Å². The Labute approximate surface area is 110 Å². The lowest BCUT2D eigenvalue weighted by atomic mass is 9.81. The van der Waals surface area contributed by atoms with E-state index in [1.165, 1.54) is 24.8 Å². The van der Waals surface area contributed by atoms with E-state index in [1.807, 2.05) is 12.1 Å². The minimum absolute atomic E-state index is 0.146. The van der Waals surface area contributed by atoms with Crippen LogP contribution in [0.3, 0.4) is 0 Å². The van der Waals surface area contributed by atoms with Crippen LogP contribution in [0.15, 0.2) is 24.3 Å². The number of piperidine rings is 1. The van der Waals surface area contributed by atoms with Crippen LogP contribution in [-0.4, -0.2) is 37.7 Å². The van der Waals surface area contributed by atoms with Crippen LogP contribution in [-0.2, 0) is 6.42 Å². The molecule has 0 saturated carbocycles. The van der Waals surface area contributed by atoms with Gasteiger partial charge in [-0.25, -0.2) is 0 Å². The second kappa shape index (κ2) is 5.72. The maximum absolute atomic E-state index is 6.07. The van der Waals surface area contributed by atoms with Gasteiger partial charge >= 0.3 is 0 Å². The third-order valence-electron chi connectivity index (χ3n) is 4.27. The Morgan fingerprint density at radius 2 is 2.00 bits per heavy atom. The highest BCUT2D eigenvalue weighted by Crippen LogP contribution is 2.30. The lowest BCUT2D eigenvalue weighted by Gasteiger charge is -2.45. The van der Waals surface area contributed by atoms with Crippen LogP contribution >= 0.6 is 0 Å². The first-order chi connectivity index (χ1) is 8.70. The fourth-order valence-corrected chi connectivity index (χ4v) is 2.91. The third kappa shape index (κ3) is 2.68. The zero-order valence-corrected chi connectivity index (χ0v) is 11.5. The first-order valence-corrected chi connectivity index (χ1v) is 6.74. The maximum atomic E-state index is 6.07. The summed E-state index contributed by atoms with van der Waals surface area (Å²) in [5, 5.41) is 0. The molecule has 2 rings (SSSR count). The zero-order chi connectivity index (χ0) is 13.0. The maximum Gasteiger partial charge on any atom is 0.118 e. The zero-order valence-electron chi connectivity index (χ0n) is 11.5. The van der Waals surface area contributed by atoms with Crippen molar-refractivity contribution < 1.29 is 4.74 Å². The minimum Gasteiger partial charge on any atom is -0.497 e. The number of nitrogens with two attached hydrogens (primary N) is 1. The third-order valence-corrected chi connectivity index (χ3v) is 4.27. The van der Waals surface area contributed by atoms with Gasteiger partial charge in [0, 0.05) is 12.1 Å². The van der Waals surface area contributed by atoms with Crippen LogP contribution in [0.25, 0.3) is 0 Å². The monoisotopic (exact) mass is 248 g/mol. The number of hydrogen-bond acceptors (Lipinski definition) is 3. The van der Waals surface area contributed by atoms with Crippen LogP contribution < -0.4 is 10.5 Å². The summed E-state index contributed by atoms with van der Waals surface area (Å²) in [4.78, 5) is 2.45. The molecule has 0 bridgehead atoms. The van der Waals surface area contributed by atoms with Crippen molar-refractivity contribution in [3.05, 3.63) is 29.8 Å². The van der Waals surface area contributed by atoms with Gasteiger partial charge in [0.05, 0.1) is 7.11 Å². The summed E-state index contributed by atoms with van der Waals surface area (Å²) in [6.07, 6.45) is 4.81. The highest BCUT2D eigenvalue weighted by Gasteiger charge is 2.35. The summed E-state index contributed by atoms with van der Waals surface area (Å²) in [5.41, 5.74) is 7.55. The minimum atomic E-state index is 0.146. The lowest BCUT2D eigenvalue weighted by Crippen LogP contribution is -2.56. The second-order valence-corrected chi connectivity index (χ2v) is 5.33. The molecule has 1 atom stereocenters. The van der Waals surface area contributed by atoms with Crippen molar-refractivity contribution in [2.45, 2.75) is 31.2 Å². The first-order valence-electron chi connectivity index (χ1n) is 6.74. The lowest BCUT2D eigenvalue weighted by molar-refractivity contribution is 0.0804. The Hall–Kier alpha value is -1.06. The number of benzene rings is 1. The number of methoxy groups -OCH3 is 1. The number of nitrogens with zero attached hydrogens (tertiary/aromatic N) is 1. The number of ether oxygens (including phenoxy) is 1. The molecule has 1 heterocycles. The van der Waals surface area contributed by atoms with Gasteiger partial charge in [0.15, 0.2) is 0 Å². The predicted molar refractivity (Wildman–Crippen MR) is 75.0 cm³/mol. The Kier molecular flexibility index (Phi) is 4.25. The molecule has 1 fully saturated rings. The van der Waals surface area contributed by atoms with Crippen molar-refractivity contribution in [1.82, 2.24) is 4.90 Å². The second-order valence-electron chi connectivity index (χ2n) is 5.33. The molecule has 0 spiro atoms. The molecule has 1 aromatic rings. The fourth-order valence-electron chi connectivity index (χ4n) is 2.91. The van der Waals surface area contributed by atoms with E-state index >= 15 is 0 Å². The summed E-state index contributed by atoms with van der Waals surface area (Å²) in [6, 6.07) is 8.36. The largest absolute Gasteiger partial charge is 0.497 e. The van der Waals surface area contributed by atoms with E-state index in [1.54, 1.807) is 7.11 Å². The highest BCUT2D eigenvalue weighted by atomic mass is 16.5. The molecular formula is C15H24N2O. The molecule has 3 heteroatoms. The highest BCUT2D eigenvalue weighted by molar-refractivity contribution is 5.28. The van der Waals surface area contributed by atoms with E-state index in [0.29, 0.717) is 0 Å². The van der Waals surface area contributed by atoms with Gasteiger partial charge in [-0.3, -0.25) is 4.90 Å². The Balaban J connectivity index is 2.13. The van der Waals surface area contributed by atoms with E-state index in [0.717, 1.165) is 25.3 Å². The molecule has 18 heavy (non-hydrogen) atoms. The molecule has 0 amide bonds.